The first-order valence-electron chi connectivity index (χ1n) is 8.47. The van der Waals surface area contributed by atoms with Gasteiger partial charge in [0.05, 0.1) is 13.0 Å². The van der Waals surface area contributed by atoms with Gasteiger partial charge < -0.3 is 9.64 Å². The molecule has 1 aromatic carbocycles. The summed E-state index contributed by atoms with van der Waals surface area (Å²) in [6.45, 7) is 1.14. The molecule has 0 unspecified atom stereocenters. The number of methoxy groups -OCH3 is 1. The lowest BCUT2D eigenvalue weighted by molar-refractivity contribution is -0.122. The number of aromatic nitrogens is 3. The fraction of sp³-hybridized carbons (Fsp3) is 0.412. The molecule has 2 amide bonds. The number of rotatable bonds is 4. The van der Waals surface area contributed by atoms with E-state index < -0.39 is 5.92 Å². The molecule has 1 fully saturated rings. The molecule has 1 N–H and O–H groups in total. The van der Waals surface area contributed by atoms with E-state index in [0.717, 1.165) is 29.6 Å². The van der Waals surface area contributed by atoms with Crippen molar-refractivity contribution in [3.63, 3.8) is 0 Å². The SMILES string of the molecule is COc1cccc(N2C[C@H](C(=O)Nc3nnc4n3CCCS4)CC2=O)c1. The number of nitrogens with one attached hydrogen (secondary N) is 1. The molecule has 3 heterocycles. The van der Waals surface area contributed by atoms with Crippen molar-refractivity contribution in [2.45, 2.75) is 24.5 Å². The van der Waals surface area contributed by atoms with Crippen molar-refractivity contribution in [1.82, 2.24) is 14.8 Å². The van der Waals surface area contributed by atoms with Crippen LogP contribution in [0.2, 0.25) is 0 Å². The van der Waals surface area contributed by atoms with Crippen molar-refractivity contribution in [2.75, 3.05) is 29.6 Å². The zero-order valence-electron chi connectivity index (χ0n) is 14.3. The molecule has 0 radical (unpaired) electrons. The van der Waals surface area contributed by atoms with Crippen LogP contribution >= 0.6 is 11.8 Å². The maximum atomic E-state index is 12.6. The predicted octanol–water partition coefficient (Wildman–Crippen LogP) is 1.77. The lowest BCUT2D eigenvalue weighted by Crippen LogP contribution is -2.29. The van der Waals surface area contributed by atoms with Gasteiger partial charge in [0.1, 0.15) is 5.75 Å². The Bertz CT molecular complexity index is 853. The van der Waals surface area contributed by atoms with E-state index in [1.54, 1.807) is 29.8 Å². The maximum absolute atomic E-state index is 12.6. The van der Waals surface area contributed by atoms with E-state index in [-0.39, 0.29) is 18.2 Å². The Labute approximate surface area is 154 Å². The molecule has 2 aliphatic heterocycles. The second kappa shape index (κ2) is 6.99. The third-order valence-electron chi connectivity index (χ3n) is 4.57. The minimum Gasteiger partial charge on any atom is -0.497 e. The number of amides is 2. The quantitative estimate of drug-likeness (QED) is 0.879. The number of benzene rings is 1. The molecule has 136 valence electrons. The fourth-order valence-electron chi connectivity index (χ4n) is 3.20. The van der Waals surface area contributed by atoms with Crippen LogP contribution in [0, 0.1) is 5.92 Å². The number of carbonyl (C=O) groups excluding carboxylic acids is 2. The summed E-state index contributed by atoms with van der Waals surface area (Å²) in [5.41, 5.74) is 0.737. The maximum Gasteiger partial charge on any atom is 0.232 e. The molecular weight excluding hydrogens is 354 g/mol. The van der Waals surface area contributed by atoms with Crippen LogP contribution < -0.4 is 15.0 Å². The number of ether oxygens (including phenoxy) is 1. The molecule has 2 aromatic rings. The predicted molar refractivity (Wildman–Crippen MR) is 97.4 cm³/mol. The minimum atomic E-state index is -0.419. The van der Waals surface area contributed by atoms with Gasteiger partial charge in [0.15, 0.2) is 5.16 Å². The second-order valence-electron chi connectivity index (χ2n) is 6.26. The number of fused-ring (bicyclic) bond motifs is 1. The van der Waals surface area contributed by atoms with E-state index in [0.29, 0.717) is 18.2 Å². The first kappa shape index (κ1) is 16.9. The number of hydrogen-bond acceptors (Lipinski definition) is 6. The monoisotopic (exact) mass is 373 g/mol. The smallest absolute Gasteiger partial charge is 0.232 e. The topological polar surface area (TPSA) is 89.3 Å². The zero-order valence-corrected chi connectivity index (χ0v) is 15.2. The summed E-state index contributed by atoms with van der Waals surface area (Å²) >= 11 is 1.63. The van der Waals surface area contributed by atoms with E-state index in [2.05, 4.69) is 15.5 Å². The van der Waals surface area contributed by atoms with E-state index in [1.807, 2.05) is 22.8 Å². The number of anilines is 2. The zero-order chi connectivity index (χ0) is 18.1. The van der Waals surface area contributed by atoms with Gasteiger partial charge >= 0.3 is 0 Å². The van der Waals surface area contributed by atoms with Crippen LogP contribution in [0.3, 0.4) is 0 Å². The van der Waals surface area contributed by atoms with Crippen LogP contribution in [-0.2, 0) is 16.1 Å². The summed E-state index contributed by atoms with van der Waals surface area (Å²) in [7, 11) is 1.58. The molecule has 1 aromatic heterocycles. The Hall–Kier alpha value is -2.55. The third-order valence-corrected chi connectivity index (χ3v) is 5.62. The highest BCUT2D eigenvalue weighted by atomic mass is 32.2. The summed E-state index contributed by atoms with van der Waals surface area (Å²) in [6.07, 6.45) is 1.20. The molecule has 4 rings (SSSR count). The second-order valence-corrected chi connectivity index (χ2v) is 7.32. The molecule has 8 nitrogen and oxygen atoms in total. The molecule has 2 aliphatic rings. The minimum absolute atomic E-state index is 0.0720. The molecule has 0 saturated carbocycles. The Balaban J connectivity index is 1.46. The van der Waals surface area contributed by atoms with Gasteiger partial charge in [-0.1, -0.05) is 17.8 Å². The summed E-state index contributed by atoms with van der Waals surface area (Å²) < 4.78 is 7.13. The van der Waals surface area contributed by atoms with Crippen molar-refractivity contribution in [2.24, 2.45) is 5.92 Å². The van der Waals surface area contributed by atoms with Gasteiger partial charge in [-0.25, -0.2) is 0 Å². The third kappa shape index (κ3) is 3.14. The van der Waals surface area contributed by atoms with Crippen molar-refractivity contribution < 1.29 is 14.3 Å². The van der Waals surface area contributed by atoms with Crippen molar-refractivity contribution in [3.05, 3.63) is 24.3 Å². The van der Waals surface area contributed by atoms with E-state index in [1.165, 1.54) is 0 Å². The van der Waals surface area contributed by atoms with Gasteiger partial charge in [0.25, 0.3) is 0 Å². The Morgan fingerprint density at radius 2 is 2.27 bits per heavy atom. The van der Waals surface area contributed by atoms with Crippen LogP contribution in [-0.4, -0.2) is 46.0 Å². The summed E-state index contributed by atoms with van der Waals surface area (Å²) in [6, 6.07) is 7.28. The van der Waals surface area contributed by atoms with Gasteiger partial charge in [-0.15, -0.1) is 10.2 Å². The van der Waals surface area contributed by atoms with E-state index in [4.69, 9.17) is 4.74 Å². The van der Waals surface area contributed by atoms with Crippen LogP contribution in [0.4, 0.5) is 11.6 Å². The van der Waals surface area contributed by atoms with Crippen LogP contribution in [0.5, 0.6) is 5.75 Å². The standard InChI is InChI=1S/C17H19N5O3S/c1-25-13-5-2-4-12(9-13)22-10-11(8-14(22)23)15(24)18-16-19-20-17-21(16)6-3-7-26-17/h2,4-5,9,11H,3,6-8,10H2,1H3,(H,18,19,24)/t11-/m1/s1. The highest BCUT2D eigenvalue weighted by molar-refractivity contribution is 7.99. The molecule has 0 spiro atoms. The van der Waals surface area contributed by atoms with Gasteiger partial charge in [-0.05, 0) is 18.6 Å². The normalized spacial score (nSPS) is 19.3. The molecular formula is C17H19N5O3S. The largest absolute Gasteiger partial charge is 0.497 e. The summed E-state index contributed by atoms with van der Waals surface area (Å²) in [4.78, 5) is 26.7. The number of thioether (sulfide) groups is 1. The fourth-order valence-corrected chi connectivity index (χ4v) is 4.09. The Kier molecular flexibility index (Phi) is 4.54. The van der Waals surface area contributed by atoms with Crippen LogP contribution in [0.15, 0.2) is 29.4 Å². The van der Waals surface area contributed by atoms with Gasteiger partial charge in [-0.2, -0.15) is 0 Å². The van der Waals surface area contributed by atoms with Crippen molar-refractivity contribution >= 4 is 35.2 Å². The van der Waals surface area contributed by atoms with Crippen molar-refractivity contribution in [3.8, 4) is 5.75 Å². The van der Waals surface area contributed by atoms with E-state index in [9.17, 15) is 9.59 Å². The molecule has 1 atom stereocenters. The first-order chi connectivity index (χ1) is 12.7. The average molecular weight is 373 g/mol. The number of carbonyl (C=O) groups is 2. The molecule has 26 heavy (non-hydrogen) atoms. The lowest BCUT2D eigenvalue weighted by Gasteiger charge is -2.18. The number of hydrogen-bond donors (Lipinski definition) is 1. The molecule has 1 saturated heterocycles. The van der Waals surface area contributed by atoms with Gasteiger partial charge in [0, 0.05) is 37.0 Å². The molecule has 0 bridgehead atoms. The summed E-state index contributed by atoms with van der Waals surface area (Å²) in [5.74, 6) is 1.46. The highest BCUT2D eigenvalue weighted by Crippen LogP contribution is 2.29. The first-order valence-corrected chi connectivity index (χ1v) is 9.45. The molecule has 0 aliphatic carbocycles. The lowest BCUT2D eigenvalue weighted by atomic mass is 10.1. The highest BCUT2D eigenvalue weighted by Gasteiger charge is 2.36. The van der Waals surface area contributed by atoms with Crippen molar-refractivity contribution in [1.29, 1.82) is 0 Å². The molecule has 9 heteroatoms. The van der Waals surface area contributed by atoms with Crippen LogP contribution in [0.25, 0.3) is 0 Å². The Morgan fingerprint density at radius 1 is 1.38 bits per heavy atom. The van der Waals surface area contributed by atoms with Gasteiger partial charge in [0.2, 0.25) is 17.8 Å². The van der Waals surface area contributed by atoms with Crippen LogP contribution in [0.1, 0.15) is 12.8 Å². The average Bonchev–Trinajstić information content (AvgIpc) is 3.26. The summed E-state index contributed by atoms with van der Waals surface area (Å²) in [5, 5.41) is 11.8. The van der Waals surface area contributed by atoms with E-state index >= 15 is 0 Å². The van der Waals surface area contributed by atoms with Gasteiger partial charge in [-0.3, -0.25) is 19.5 Å². The Morgan fingerprint density at radius 3 is 3.12 bits per heavy atom. The number of nitrogens with zero attached hydrogens (tertiary/aromatic N) is 4.